The van der Waals surface area contributed by atoms with Crippen LogP contribution in [0, 0.1) is 0 Å². The first-order chi connectivity index (χ1) is 7.41. The third kappa shape index (κ3) is 13.2. The fraction of sp³-hybridized carbons (Fsp3) is 0.769. The Morgan fingerprint density at radius 2 is 1.40 bits per heavy atom. The maximum atomic E-state index is 9.95. The lowest BCUT2D eigenvalue weighted by atomic mass is 10.1. The minimum Gasteiger partial charge on any atom is -0.359 e. The van der Waals surface area contributed by atoms with E-state index in [1.165, 1.54) is 44.9 Å². The van der Waals surface area contributed by atoms with Gasteiger partial charge in [-0.05, 0) is 19.3 Å². The predicted octanol–water partition coefficient (Wildman–Crippen LogP) is 3.43. The molecule has 2 heteroatoms. The standard InChI is InChI=1S/C13H25NO/c1-2-3-4-5-6-7-8-9-10-11-12-14-13-15/h2,13H,1,3-12H2,(H,14,15). The zero-order valence-electron chi connectivity index (χ0n) is 9.84. The van der Waals surface area contributed by atoms with Crippen molar-refractivity contribution in [3.05, 3.63) is 12.7 Å². The molecule has 0 rings (SSSR count). The summed E-state index contributed by atoms with van der Waals surface area (Å²) in [7, 11) is 0. The lowest BCUT2D eigenvalue weighted by Gasteiger charge is -2.01. The molecule has 0 saturated carbocycles. The molecule has 0 aliphatic rings. The van der Waals surface area contributed by atoms with Crippen molar-refractivity contribution in [2.45, 2.75) is 57.8 Å². The van der Waals surface area contributed by atoms with Gasteiger partial charge in [-0.15, -0.1) is 6.58 Å². The molecule has 0 aromatic carbocycles. The van der Waals surface area contributed by atoms with Crippen molar-refractivity contribution in [1.29, 1.82) is 0 Å². The molecule has 0 heterocycles. The van der Waals surface area contributed by atoms with Gasteiger partial charge in [0.2, 0.25) is 6.41 Å². The summed E-state index contributed by atoms with van der Waals surface area (Å²) in [6, 6.07) is 0. The smallest absolute Gasteiger partial charge is 0.207 e. The molecule has 0 bridgehead atoms. The summed E-state index contributed by atoms with van der Waals surface area (Å²) in [6.07, 6.45) is 14.3. The van der Waals surface area contributed by atoms with Gasteiger partial charge in [0.25, 0.3) is 0 Å². The molecule has 0 aromatic rings. The van der Waals surface area contributed by atoms with Gasteiger partial charge < -0.3 is 5.32 Å². The normalized spacial score (nSPS) is 9.87. The molecule has 15 heavy (non-hydrogen) atoms. The van der Waals surface area contributed by atoms with Crippen molar-refractivity contribution >= 4 is 6.41 Å². The predicted molar refractivity (Wildman–Crippen MR) is 65.8 cm³/mol. The monoisotopic (exact) mass is 211 g/mol. The molecule has 88 valence electrons. The van der Waals surface area contributed by atoms with Crippen LogP contribution in [0.25, 0.3) is 0 Å². The summed E-state index contributed by atoms with van der Waals surface area (Å²) in [5, 5.41) is 2.68. The highest BCUT2D eigenvalue weighted by molar-refractivity contribution is 5.45. The quantitative estimate of drug-likeness (QED) is 0.299. The highest BCUT2D eigenvalue weighted by Gasteiger charge is 1.91. The van der Waals surface area contributed by atoms with Gasteiger partial charge in [0.1, 0.15) is 0 Å². The van der Waals surface area contributed by atoms with Crippen LogP contribution < -0.4 is 5.32 Å². The van der Waals surface area contributed by atoms with Crippen molar-refractivity contribution < 1.29 is 4.79 Å². The second kappa shape index (κ2) is 13.2. The number of carbonyl (C=O) groups excluding carboxylic acids is 1. The Hall–Kier alpha value is -0.790. The number of carbonyl (C=O) groups is 1. The van der Waals surface area contributed by atoms with Gasteiger partial charge in [0.05, 0.1) is 0 Å². The first-order valence-electron chi connectivity index (χ1n) is 6.19. The Labute approximate surface area is 94.1 Å². The molecule has 0 unspecified atom stereocenters. The molecular formula is C13H25NO. The molecule has 0 aliphatic carbocycles. The van der Waals surface area contributed by atoms with Crippen LogP contribution >= 0.6 is 0 Å². The number of unbranched alkanes of at least 4 members (excludes halogenated alkanes) is 8. The minimum absolute atomic E-state index is 0.777. The van der Waals surface area contributed by atoms with E-state index in [0.717, 1.165) is 25.8 Å². The van der Waals surface area contributed by atoms with E-state index in [1.54, 1.807) is 0 Å². The molecule has 2 nitrogen and oxygen atoms in total. The number of nitrogens with one attached hydrogen (secondary N) is 1. The highest BCUT2D eigenvalue weighted by atomic mass is 16.1. The maximum Gasteiger partial charge on any atom is 0.207 e. The van der Waals surface area contributed by atoms with Crippen LogP contribution in [0.15, 0.2) is 12.7 Å². The van der Waals surface area contributed by atoms with Crippen molar-refractivity contribution in [2.75, 3.05) is 6.54 Å². The average molecular weight is 211 g/mol. The van der Waals surface area contributed by atoms with Crippen LogP contribution in [0.3, 0.4) is 0 Å². The van der Waals surface area contributed by atoms with E-state index in [9.17, 15) is 4.79 Å². The molecule has 1 amide bonds. The van der Waals surface area contributed by atoms with Crippen LogP contribution in [-0.4, -0.2) is 13.0 Å². The fourth-order valence-electron chi connectivity index (χ4n) is 1.64. The van der Waals surface area contributed by atoms with E-state index in [1.807, 2.05) is 6.08 Å². The van der Waals surface area contributed by atoms with Crippen molar-refractivity contribution in [2.24, 2.45) is 0 Å². The number of rotatable bonds is 12. The van der Waals surface area contributed by atoms with Gasteiger partial charge in [-0.2, -0.15) is 0 Å². The zero-order valence-corrected chi connectivity index (χ0v) is 9.84. The largest absolute Gasteiger partial charge is 0.359 e. The molecule has 0 radical (unpaired) electrons. The second-order valence-corrected chi connectivity index (χ2v) is 3.98. The van der Waals surface area contributed by atoms with Gasteiger partial charge in [-0.25, -0.2) is 0 Å². The molecular weight excluding hydrogens is 186 g/mol. The molecule has 0 aliphatic heterocycles. The zero-order chi connectivity index (χ0) is 11.2. The van der Waals surface area contributed by atoms with E-state index in [4.69, 9.17) is 0 Å². The lowest BCUT2D eigenvalue weighted by Crippen LogP contribution is -2.11. The molecule has 1 N–H and O–H groups in total. The van der Waals surface area contributed by atoms with E-state index >= 15 is 0 Å². The van der Waals surface area contributed by atoms with Gasteiger partial charge >= 0.3 is 0 Å². The van der Waals surface area contributed by atoms with Crippen LogP contribution in [0.1, 0.15) is 57.8 Å². The Morgan fingerprint density at radius 1 is 0.867 bits per heavy atom. The SMILES string of the molecule is C=CCCCCCCCCCCNC=O. The lowest BCUT2D eigenvalue weighted by molar-refractivity contribution is -0.109. The van der Waals surface area contributed by atoms with Crippen molar-refractivity contribution in [1.82, 2.24) is 5.32 Å². The van der Waals surface area contributed by atoms with Gasteiger partial charge in [0, 0.05) is 6.54 Å². The van der Waals surface area contributed by atoms with E-state index < -0.39 is 0 Å². The number of hydrogen-bond donors (Lipinski definition) is 1. The first kappa shape index (κ1) is 14.2. The summed E-state index contributed by atoms with van der Waals surface area (Å²) >= 11 is 0. The Bertz CT molecular complexity index is 129. The highest BCUT2D eigenvalue weighted by Crippen LogP contribution is 2.09. The van der Waals surface area contributed by atoms with Gasteiger partial charge in [0.15, 0.2) is 0 Å². The molecule has 0 saturated heterocycles. The van der Waals surface area contributed by atoms with Crippen LogP contribution in [0.2, 0.25) is 0 Å². The summed E-state index contributed by atoms with van der Waals surface area (Å²) in [5.41, 5.74) is 0. The topological polar surface area (TPSA) is 29.1 Å². The van der Waals surface area contributed by atoms with E-state index in [0.29, 0.717) is 0 Å². The van der Waals surface area contributed by atoms with E-state index in [2.05, 4.69) is 11.9 Å². The second-order valence-electron chi connectivity index (χ2n) is 3.98. The Morgan fingerprint density at radius 3 is 1.93 bits per heavy atom. The fourth-order valence-corrected chi connectivity index (χ4v) is 1.64. The summed E-state index contributed by atoms with van der Waals surface area (Å²) in [4.78, 5) is 9.95. The van der Waals surface area contributed by atoms with Crippen LogP contribution in [0.4, 0.5) is 0 Å². The van der Waals surface area contributed by atoms with Crippen molar-refractivity contribution in [3.63, 3.8) is 0 Å². The summed E-state index contributed by atoms with van der Waals surface area (Å²) in [6.45, 7) is 4.55. The Balaban J connectivity index is 2.86. The summed E-state index contributed by atoms with van der Waals surface area (Å²) in [5.74, 6) is 0. The Kier molecular flexibility index (Phi) is 12.5. The molecule has 0 spiro atoms. The average Bonchev–Trinajstić information content (AvgIpc) is 2.26. The molecule has 0 fully saturated rings. The first-order valence-corrected chi connectivity index (χ1v) is 6.19. The number of allylic oxidation sites excluding steroid dienone is 1. The third-order valence-electron chi connectivity index (χ3n) is 2.56. The maximum absolute atomic E-state index is 9.95. The van der Waals surface area contributed by atoms with Crippen LogP contribution in [0.5, 0.6) is 0 Å². The van der Waals surface area contributed by atoms with E-state index in [-0.39, 0.29) is 0 Å². The van der Waals surface area contributed by atoms with Gasteiger partial charge in [-0.1, -0.05) is 44.6 Å². The summed E-state index contributed by atoms with van der Waals surface area (Å²) < 4.78 is 0. The number of amides is 1. The third-order valence-corrected chi connectivity index (χ3v) is 2.56. The minimum atomic E-state index is 0.777. The van der Waals surface area contributed by atoms with Gasteiger partial charge in [-0.3, -0.25) is 4.79 Å². The molecule has 0 atom stereocenters. The molecule has 0 aromatic heterocycles. The number of hydrogen-bond acceptors (Lipinski definition) is 1. The van der Waals surface area contributed by atoms with Crippen LogP contribution in [-0.2, 0) is 4.79 Å². The van der Waals surface area contributed by atoms with Crippen molar-refractivity contribution in [3.8, 4) is 0 Å².